The van der Waals surface area contributed by atoms with Crippen molar-refractivity contribution in [3.63, 3.8) is 0 Å². The fourth-order valence-corrected chi connectivity index (χ4v) is 2.49. The highest BCUT2D eigenvalue weighted by Crippen LogP contribution is 2.35. The van der Waals surface area contributed by atoms with Gasteiger partial charge in [0.2, 0.25) is 5.91 Å². The van der Waals surface area contributed by atoms with E-state index in [9.17, 15) is 4.79 Å². The normalized spacial score (nSPS) is 23.2. The fourth-order valence-electron chi connectivity index (χ4n) is 2.49. The number of hydrogen-bond acceptors (Lipinski definition) is 2. The van der Waals surface area contributed by atoms with E-state index in [-0.39, 0.29) is 17.5 Å². The van der Waals surface area contributed by atoms with Crippen molar-refractivity contribution in [1.29, 1.82) is 0 Å². The zero-order valence-corrected chi connectivity index (χ0v) is 10.7. The first-order valence-electron chi connectivity index (χ1n) is 6.15. The number of nitrogens with zero attached hydrogens (tertiary/aromatic N) is 1. The molecule has 1 atom stereocenters. The third kappa shape index (κ3) is 1.84. The molecule has 0 aromatic heterocycles. The maximum absolute atomic E-state index is 12.1. The summed E-state index contributed by atoms with van der Waals surface area (Å²) in [7, 11) is 0. The van der Waals surface area contributed by atoms with Gasteiger partial charge in [-0.2, -0.15) is 0 Å². The summed E-state index contributed by atoms with van der Waals surface area (Å²) in [5, 5.41) is 0. The quantitative estimate of drug-likeness (QED) is 0.848. The van der Waals surface area contributed by atoms with Crippen LogP contribution in [0.25, 0.3) is 0 Å². The minimum absolute atomic E-state index is 0.0973. The molecule has 1 aliphatic heterocycles. The molecule has 2 rings (SSSR count). The molecule has 3 heteroatoms. The van der Waals surface area contributed by atoms with Crippen LogP contribution in [0.1, 0.15) is 32.8 Å². The van der Waals surface area contributed by atoms with Crippen molar-refractivity contribution in [3.05, 3.63) is 29.8 Å². The van der Waals surface area contributed by atoms with Crippen LogP contribution in [0, 0.1) is 0 Å². The molecule has 2 N–H and O–H groups in total. The highest BCUT2D eigenvalue weighted by Gasteiger charge is 2.45. The Balaban J connectivity index is 2.49. The van der Waals surface area contributed by atoms with Crippen LogP contribution in [0.4, 0.5) is 5.69 Å². The van der Waals surface area contributed by atoms with Crippen LogP contribution in [-0.2, 0) is 11.2 Å². The van der Waals surface area contributed by atoms with Gasteiger partial charge in [0.25, 0.3) is 0 Å². The summed E-state index contributed by atoms with van der Waals surface area (Å²) in [6, 6.07) is 7.97. The van der Waals surface area contributed by atoms with Crippen LogP contribution in [-0.4, -0.2) is 17.5 Å². The van der Waals surface area contributed by atoms with Gasteiger partial charge in [-0.25, -0.2) is 0 Å². The number of amides is 1. The molecule has 0 radical (unpaired) electrons. The number of hydrogen-bond donors (Lipinski definition) is 1. The van der Waals surface area contributed by atoms with Gasteiger partial charge in [0.1, 0.15) is 0 Å². The smallest absolute Gasteiger partial charge is 0.229 e. The minimum Gasteiger partial charge on any atom is -0.325 e. The molecule has 3 nitrogen and oxygen atoms in total. The number of carbonyl (C=O) groups is 1. The standard InChI is InChI=1S/C14H20N2O/c1-4-10-7-5-6-8-11(10)16-13(17)9-12(15)14(16,2)3/h5-8,12H,4,9,15H2,1-3H3. The maximum atomic E-state index is 12.1. The van der Waals surface area contributed by atoms with Crippen LogP contribution in [0.2, 0.25) is 0 Å². The van der Waals surface area contributed by atoms with E-state index in [0.717, 1.165) is 12.1 Å². The van der Waals surface area contributed by atoms with E-state index in [1.807, 2.05) is 36.9 Å². The Bertz CT molecular complexity index is 440. The molecule has 1 aliphatic rings. The first-order valence-corrected chi connectivity index (χ1v) is 6.15. The molecule has 0 spiro atoms. The fraction of sp³-hybridized carbons (Fsp3) is 0.500. The summed E-state index contributed by atoms with van der Waals surface area (Å²) >= 11 is 0. The van der Waals surface area contributed by atoms with Crippen molar-refractivity contribution in [1.82, 2.24) is 0 Å². The first-order chi connectivity index (χ1) is 7.98. The van der Waals surface area contributed by atoms with Crippen LogP contribution in [0.3, 0.4) is 0 Å². The number of anilines is 1. The summed E-state index contributed by atoms with van der Waals surface area (Å²) in [5.41, 5.74) is 7.97. The highest BCUT2D eigenvalue weighted by molar-refractivity contribution is 5.98. The lowest BCUT2D eigenvalue weighted by atomic mass is 9.95. The Kier molecular flexibility index (Phi) is 2.96. The molecule has 1 aromatic rings. The molecule has 1 amide bonds. The van der Waals surface area contributed by atoms with E-state index in [4.69, 9.17) is 5.73 Å². The van der Waals surface area contributed by atoms with E-state index >= 15 is 0 Å². The van der Waals surface area contributed by atoms with Gasteiger partial charge in [-0.15, -0.1) is 0 Å². The van der Waals surface area contributed by atoms with Crippen molar-refractivity contribution in [3.8, 4) is 0 Å². The Morgan fingerprint density at radius 1 is 1.41 bits per heavy atom. The molecular weight excluding hydrogens is 212 g/mol. The van der Waals surface area contributed by atoms with Crippen molar-refractivity contribution < 1.29 is 4.79 Å². The van der Waals surface area contributed by atoms with Gasteiger partial charge in [-0.3, -0.25) is 4.79 Å². The number of rotatable bonds is 2. The number of nitrogens with two attached hydrogens (primary N) is 1. The summed E-state index contributed by atoms with van der Waals surface area (Å²) in [6.07, 6.45) is 1.36. The summed E-state index contributed by atoms with van der Waals surface area (Å²) in [4.78, 5) is 14.0. The molecule has 0 aliphatic carbocycles. The van der Waals surface area contributed by atoms with Crippen LogP contribution in [0.5, 0.6) is 0 Å². The molecule has 1 aromatic carbocycles. The van der Waals surface area contributed by atoms with Gasteiger partial charge in [0.05, 0.1) is 5.54 Å². The Labute approximate surface area is 103 Å². The molecule has 1 heterocycles. The van der Waals surface area contributed by atoms with Crippen molar-refractivity contribution in [2.75, 3.05) is 4.90 Å². The predicted molar refractivity (Wildman–Crippen MR) is 70.0 cm³/mol. The van der Waals surface area contributed by atoms with E-state index < -0.39 is 0 Å². The third-order valence-electron chi connectivity index (χ3n) is 3.74. The number of aryl methyl sites for hydroxylation is 1. The van der Waals surface area contributed by atoms with Gasteiger partial charge in [0, 0.05) is 18.2 Å². The lowest BCUT2D eigenvalue weighted by molar-refractivity contribution is -0.117. The van der Waals surface area contributed by atoms with Gasteiger partial charge in [-0.1, -0.05) is 25.1 Å². The molecule has 1 fully saturated rings. The van der Waals surface area contributed by atoms with Crippen molar-refractivity contribution in [2.45, 2.75) is 45.2 Å². The predicted octanol–water partition coefficient (Wildman–Crippen LogP) is 2.09. The van der Waals surface area contributed by atoms with Gasteiger partial charge < -0.3 is 10.6 Å². The highest BCUT2D eigenvalue weighted by atomic mass is 16.2. The summed E-state index contributed by atoms with van der Waals surface area (Å²) < 4.78 is 0. The number of benzene rings is 1. The second-order valence-electron chi connectivity index (χ2n) is 5.18. The van der Waals surface area contributed by atoms with Crippen molar-refractivity contribution in [2.24, 2.45) is 5.73 Å². The number of para-hydroxylation sites is 1. The number of carbonyl (C=O) groups excluding carboxylic acids is 1. The second kappa shape index (κ2) is 4.15. The largest absolute Gasteiger partial charge is 0.325 e. The summed E-state index contributed by atoms with van der Waals surface area (Å²) in [6.45, 7) is 6.18. The van der Waals surface area contributed by atoms with Gasteiger partial charge >= 0.3 is 0 Å². The topological polar surface area (TPSA) is 46.3 Å². The monoisotopic (exact) mass is 232 g/mol. The van der Waals surface area contributed by atoms with E-state index in [1.54, 1.807) is 0 Å². The third-order valence-corrected chi connectivity index (χ3v) is 3.74. The maximum Gasteiger partial charge on any atom is 0.229 e. The molecule has 17 heavy (non-hydrogen) atoms. The van der Waals surface area contributed by atoms with E-state index in [2.05, 4.69) is 13.0 Å². The van der Waals surface area contributed by atoms with Gasteiger partial charge in [-0.05, 0) is 31.9 Å². The molecular formula is C14H20N2O. The molecule has 92 valence electrons. The van der Waals surface area contributed by atoms with E-state index in [0.29, 0.717) is 6.42 Å². The van der Waals surface area contributed by atoms with Crippen LogP contribution >= 0.6 is 0 Å². The molecule has 1 unspecified atom stereocenters. The minimum atomic E-state index is -0.303. The summed E-state index contributed by atoms with van der Waals surface area (Å²) in [5.74, 6) is 0.128. The molecule has 0 bridgehead atoms. The zero-order valence-electron chi connectivity index (χ0n) is 10.7. The zero-order chi connectivity index (χ0) is 12.6. The lowest BCUT2D eigenvalue weighted by Crippen LogP contribution is -2.50. The Morgan fingerprint density at radius 3 is 2.59 bits per heavy atom. The Morgan fingerprint density at radius 2 is 2.06 bits per heavy atom. The first kappa shape index (κ1) is 12.1. The second-order valence-corrected chi connectivity index (χ2v) is 5.18. The van der Waals surface area contributed by atoms with Gasteiger partial charge in [0.15, 0.2) is 0 Å². The molecule has 0 saturated carbocycles. The average molecular weight is 232 g/mol. The van der Waals surface area contributed by atoms with Crippen LogP contribution < -0.4 is 10.6 Å². The molecule has 1 saturated heterocycles. The SMILES string of the molecule is CCc1ccccc1N1C(=O)CC(N)C1(C)C. The lowest BCUT2D eigenvalue weighted by Gasteiger charge is -2.35. The van der Waals surface area contributed by atoms with Crippen molar-refractivity contribution >= 4 is 11.6 Å². The van der Waals surface area contributed by atoms with Crippen LogP contribution in [0.15, 0.2) is 24.3 Å². The Hall–Kier alpha value is -1.35. The average Bonchev–Trinajstić information content (AvgIpc) is 2.48. The van der Waals surface area contributed by atoms with E-state index in [1.165, 1.54) is 5.56 Å².